The molecule has 3 heterocycles. The number of alkyl halides is 3. The van der Waals surface area contributed by atoms with Gasteiger partial charge in [-0.15, -0.1) is 0 Å². The summed E-state index contributed by atoms with van der Waals surface area (Å²) in [5, 5.41) is 15.5. The second-order valence-electron chi connectivity index (χ2n) is 5.91. The molecule has 0 bridgehead atoms. The van der Waals surface area contributed by atoms with Crippen molar-refractivity contribution in [2.24, 2.45) is 0 Å². The van der Waals surface area contributed by atoms with E-state index < -0.39 is 17.7 Å². The number of rotatable bonds is 6. The number of hydrogen-bond donors (Lipinski definition) is 2. The van der Waals surface area contributed by atoms with Gasteiger partial charge in [0.25, 0.3) is 0 Å². The standard InChI is InChI=1S/C17H15F3N6O2/c1-10-6-14(24-13-7-12(2-4-21-13)17(18,19)20)25-16(23-10)11-8-22-26(9-11)5-3-15(27)28/h2,4,6-9H,3,5H2,1H3,(H,27,28)(H,21,23,24,25). The Bertz CT molecular complexity index is 1000. The monoisotopic (exact) mass is 392 g/mol. The Balaban J connectivity index is 1.83. The van der Waals surface area contributed by atoms with Gasteiger partial charge in [-0.05, 0) is 19.1 Å². The third kappa shape index (κ3) is 4.81. The Morgan fingerprint density at radius 3 is 2.75 bits per heavy atom. The smallest absolute Gasteiger partial charge is 0.416 e. The van der Waals surface area contributed by atoms with Crippen LogP contribution in [0.2, 0.25) is 0 Å². The van der Waals surface area contributed by atoms with Crippen LogP contribution in [0.5, 0.6) is 0 Å². The van der Waals surface area contributed by atoms with Gasteiger partial charge in [0.2, 0.25) is 0 Å². The van der Waals surface area contributed by atoms with E-state index in [1.807, 2.05) is 0 Å². The molecule has 0 radical (unpaired) electrons. The molecule has 2 N–H and O–H groups in total. The van der Waals surface area contributed by atoms with Crippen molar-refractivity contribution in [3.63, 3.8) is 0 Å². The number of carbonyl (C=O) groups is 1. The van der Waals surface area contributed by atoms with Crippen LogP contribution < -0.4 is 5.32 Å². The van der Waals surface area contributed by atoms with Crippen molar-refractivity contribution in [1.29, 1.82) is 0 Å². The van der Waals surface area contributed by atoms with Crippen molar-refractivity contribution < 1.29 is 23.1 Å². The summed E-state index contributed by atoms with van der Waals surface area (Å²) in [6.45, 7) is 1.91. The zero-order valence-corrected chi connectivity index (χ0v) is 14.6. The van der Waals surface area contributed by atoms with Crippen LogP contribution >= 0.6 is 0 Å². The minimum absolute atomic E-state index is 0.00368. The number of hydrogen-bond acceptors (Lipinski definition) is 6. The highest BCUT2D eigenvalue weighted by Gasteiger charge is 2.30. The summed E-state index contributed by atoms with van der Waals surface area (Å²) in [4.78, 5) is 23.1. The number of aliphatic carboxylic acids is 1. The van der Waals surface area contributed by atoms with E-state index >= 15 is 0 Å². The molecular formula is C17H15F3N6O2. The van der Waals surface area contributed by atoms with Crippen molar-refractivity contribution in [1.82, 2.24) is 24.7 Å². The van der Waals surface area contributed by atoms with E-state index in [0.717, 1.165) is 18.3 Å². The summed E-state index contributed by atoms with van der Waals surface area (Å²) in [7, 11) is 0. The minimum atomic E-state index is -4.48. The van der Waals surface area contributed by atoms with Crippen LogP contribution in [0, 0.1) is 6.92 Å². The predicted molar refractivity (Wildman–Crippen MR) is 92.8 cm³/mol. The fraction of sp³-hybridized carbons (Fsp3) is 0.235. The lowest BCUT2D eigenvalue weighted by molar-refractivity contribution is -0.138. The highest BCUT2D eigenvalue weighted by molar-refractivity contribution is 5.66. The molecule has 0 aromatic carbocycles. The lowest BCUT2D eigenvalue weighted by Crippen LogP contribution is -2.07. The number of nitrogens with zero attached hydrogens (tertiary/aromatic N) is 5. The lowest BCUT2D eigenvalue weighted by atomic mass is 10.2. The summed E-state index contributed by atoms with van der Waals surface area (Å²) in [5.74, 6) is -0.372. The summed E-state index contributed by atoms with van der Waals surface area (Å²) in [5.41, 5.74) is 0.308. The maximum absolute atomic E-state index is 12.8. The van der Waals surface area contributed by atoms with Crippen LogP contribution in [0.15, 0.2) is 36.8 Å². The first kappa shape index (κ1) is 19.3. The van der Waals surface area contributed by atoms with E-state index in [1.54, 1.807) is 19.2 Å². The molecule has 0 aliphatic heterocycles. The zero-order valence-electron chi connectivity index (χ0n) is 14.6. The third-order valence-corrected chi connectivity index (χ3v) is 3.64. The van der Waals surface area contributed by atoms with Gasteiger partial charge in [-0.25, -0.2) is 15.0 Å². The summed E-state index contributed by atoms with van der Waals surface area (Å²) < 4.78 is 40.0. The van der Waals surface area contributed by atoms with E-state index in [4.69, 9.17) is 5.11 Å². The molecule has 0 atom stereocenters. The number of carboxylic acids is 1. The summed E-state index contributed by atoms with van der Waals surface area (Å²) in [6, 6.07) is 3.34. The number of pyridine rings is 1. The first-order chi connectivity index (χ1) is 13.2. The number of aryl methyl sites for hydroxylation is 2. The molecular weight excluding hydrogens is 377 g/mol. The Morgan fingerprint density at radius 2 is 2.04 bits per heavy atom. The topological polar surface area (TPSA) is 106 Å². The van der Waals surface area contributed by atoms with Gasteiger partial charge in [-0.3, -0.25) is 9.48 Å². The van der Waals surface area contributed by atoms with Crippen LogP contribution in [0.1, 0.15) is 17.7 Å². The van der Waals surface area contributed by atoms with Crippen LogP contribution in [0.3, 0.4) is 0 Å². The average molecular weight is 392 g/mol. The van der Waals surface area contributed by atoms with Crippen LogP contribution in [-0.4, -0.2) is 35.8 Å². The third-order valence-electron chi connectivity index (χ3n) is 3.64. The van der Waals surface area contributed by atoms with Gasteiger partial charge in [0.1, 0.15) is 11.6 Å². The average Bonchev–Trinajstić information content (AvgIpc) is 3.08. The van der Waals surface area contributed by atoms with Gasteiger partial charge >= 0.3 is 12.1 Å². The highest BCUT2D eigenvalue weighted by Crippen LogP contribution is 2.30. The predicted octanol–water partition coefficient (Wildman–Crippen LogP) is 3.28. The van der Waals surface area contributed by atoms with E-state index in [1.165, 1.54) is 10.9 Å². The quantitative estimate of drug-likeness (QED) is 0.663. The van der Waals surface area contributed by atoms with Gasteiger partial charge in [-0.2, -0.15) is 18.3 Å². The molecule has 3 aromatic heterocycles. The maximum atomic E-state index is 12.8. The number of carboxylic acid groups (broad SMARTS) is 1. The molecule has 28 heavy (non-hydrogen) atoms. The van der Waals surface area contributed by atoms with Gasteiger partial charge in [0.05, 0.1) is 30.3 Å². The number of aromatic nitrogens is 5. The van der Waals surface area contributed by atoms with Gasteiger partial charge in [0.15, 0.2) is 5.82 Å². The van der Waals surface area contributed by atoms with Crippen molar-refractivity contribution in [2.45, 2.75) is 26.1 Å². The first-order valence-corrected chi connectivity index (χ1v) is 8.11. The molecule has 0 unspecified atom stereocenters. The molecule has 11 heteroatoms. The largest absolute Gasteiger partial charge is 0.481 e. The number of halogens is 3. The van der Waals surface area contributed by atoms with Gasteiger partial charge in [-0.1, -0.05) is 0 Å². The molecule has 3 aromatic rings. The van der Waals surface area contributed by atoms with Crippen molar-refractivity contribution >= 4 is 17.6 Å². The van der Waals surface area contributed by atoms with Gasteiger partial charge < -0.3 is 10.4 Å². The molecule has 8 nitrogen and oxygen atoms in total. The van der Waals surface area contributed by atoms with E-state index in [-0.39, 0.29) is 24.6 Å². The first-order valence-electron chi connectivity index (χ1n) is 8.11. The van der Waals surface area contributed by atoms with Gasteiger partial charge in [0, 0.05) is 24.2 Å². The summed E-state index contributed by atoms with van der Waals surface area (Å²) >= 11 is 0. The molecule has 0 spiro atoms. The SMILES string of the molecule is Cc1cc(Nc2cc(C(F)(F)F)ccn2)nc(-c2cnn(CCC(=O)O)c2)n1. The minimum Gasteiger partial charge on any atom is -0.481 e. The fourth-order valence-electron chi connectivity index (χ4n) is 2.38. The molecule has 146 valence electrons. The highest BCUT2D eigenvalue weighted by atomic mass is 19.4. The second-order valence-corrected chi connectivity index (χ2v) is 5.91. The van der Waals surface area contributed by atoms with Crippen LogP contribution in [-0.2, 0) is 17.5 Å². The number of anilines is 2. The van der Waals surface area contributed by atoms with E-state index in [2.05, 4.69) is 25.4 Å². The Kier molecular flexibility index (Phi) is 5.25. The molecule has 0 saturated carbocycles. The van der Waals surface area contributed by atoms with Crippen LogP contribution in [0.4, 0.5) is 24.8 Å². The summed E-state index contributed by atoms with van der Waals surface area (Å²) in [6.07, 6.45) is -0.403. The molecule has 0 amide bonds. The molecule has 0 fully saturated rings. The number of nitrogens with one attached hydrogen (secondary N) is 1. The normalized spacial score (nSPS) is 11.4. The lowest BCUT2D eigenvalue weighted by Gasteiger charge is -2.10. The molecule has 3 rings (SSSR count). The molecule has 0 aliphatic carbocycles. The fourth-order valence-corrected chi connectivity index (χ4v) is 2.38. The van der Waals surface area contributed by atoms with E-state index in [0.29, 0.717) is 17.1 Å². The van der Waals surface area contributed by atoms with Crippen LogP contribution in [0.25, 0.3) is 11.4 Å². The second kappa shape index (κ2) is 7.62. The van der Waals surface area contributed by atoms with E-state index in [9.17, 15) is 18.0 Å². The maximum Gasteiger partial charge on any atom is 0.416 e. The van der Waals surface area contributed by atoms with Crippen molar-refractivity contribution in [3.8, 4) is 11.4 Å². The Hall–Kier alpha value is -3.50. The molecule has 0 aliphatic rings. The van der Waals surface area contributed by atoms with Crippen molar-refractivity contribution in [3.05, 3.63) is 48.0 Å². The molecule has 0 saturated heterocycles. The Morgan fingerprint density at radius 1 is 1.25 bits per heavy atom. The Labute approximate surface area is 157 Å². The zero-order chi connectivity index (χ0) is 20.3. The van der Waals surface area contributed by atoms with Crippen molar-refractivity contribution in [2.75, 3.05) is 5.32 Å².